The fourth-order valence-electron chi connectivity index (χ4n) is 3.80. The number of halogens is 2. The van der Waals surface area contributed by atoms with Crippen LogP contribution in [-0.2, 0) is 23.8 Å². The maximum absolute atomic E-state index is 14.3. The van der Waals surface area contributed by atoms with Gasteiger partial charge < -0.3 is 25.3 Å². The number of methoxy groups -OCH3 is 1. The second kappa shape index (κ2) is 13.2. The zero-order valence-corrected chi connectivity index (χ0v) is 22.5. The number of rotatable bonds is 10. The standard InChI is InChI=1S/C25H26ClFN4O6S/c1-4-36-22(32)14-11-29-25(31-21(14)28)38-12-17-20(24(34)37-5-2)18(13-8-6-7-9-15(13)26)19(23(33)35-3)16(10-27)30-17/h6-9,11,18,30H,4-5,10,12H2,1-3H3,(H2,28,29,31). The van der Waals surface area contributed by atoms with Gasteiger partial charge in [-0.2, -0.15) is 0 Å². The second-order valence-corrected chi connectivity index (χ2v) is 9.02. The first kappa shape index (κ1) is 28.9. The molecule has 38 heavy (non-hydrogen) atoms. The number of nitrogens with one attached hydrogen (secondary N) is 1. The van der Waals surface area contributed by atoms with Crippen molar-refractivity contribution in [3.05, 3.63) is 69.2 Å². The molecule has 0 amide bonds. The maximum atomic E-state index is 14.3. The highest BCUT2D eigenvalue weighted by atomic mass is 35.5. The molecule has 3 N–H and O–H groups in total. The molecule has 1 aliphatic rings. The van der Waals surface area contributed by atoms with Crippen LogP contribution in [0.2, 0.25) is 5.02 Å². The Morgan fingerprint density at radius 1 is 1.08 bits per heavy atom. The molecule has 202 valence electrons. The first-order chi connectivity index (χ1) is 18.3. The lowest BCUT2D eigenvalue weighted by molar-refractivity contribution is -0.139. The van der Waals surface area contributed by atoms with Crippen molar-refractivity contribution in [2.75, 3.05) is 38.5 Å². The van der Waals surface area contributed by atoms with Crippen molar-refractivity contribution in [2.45, 2.75) is 24.9 Å². The highest BCUT2D eigenvalue weighted by Crippen LogP contribution is 2.42. The number of nitrogens with zero attached hydrogens (tertiary/aromatic N) is 2. The largest absolute Gasteiger partial charge is 0.466 e. The van der Waals surface area contributed by atoms with E-state index in [1.165, 1.54) is 6.20 Å². The summed E-state index contributed by atoms with van der Waals surface area (Å²) in [4.78, 5) is 46.4. The van der Waals surface area contributed by atoms with Crippen molar-refractivity contribution in [3.63, 3.8) is 0 Å². The summed E-state index contributed by atoms with van der Waals surface area (Å²) in [5.74, 6) is -3.32. The lowest BCUT2D eigenvalue weighted by atomic mass is 9.80. The number of allylic oxidation sites excluding steroid dienone is 1. The topological polar surface area (TPSA) is 143 Å². The van der Waals surface area contributed by atoms with Gasteiger partial charge in [-0.3, -0.25) is 0 Å². The van der Waals surface area contributed by atoms with E-state index in [-0.39, 0.29) is 63.1 Å². The molecule has 0 bridgehead atoms. The Labute approximate surface area is 227 Å². The van der Waals surface area contributed by atoms with Crippen LogP contribution >= 0.6 is 23.4 Å². The van der Waals surface area contributed by atoms with E-state index in [4.69, 9.17) is 31.5 Å². The minimum Gasteiger partial charge on any atom is -0.466 e. The highest BCUT2D eigenvalue weighted by molar-refractivity contribution is 7.99. The molecule has 1 atom stereocenters. The van der Waals surface area contributed by atoms with Crippen LogP contribution in [0.3, 0.4) is 0 Å². The number of nitrogen functional groups attached to an aromatic ring is 1. The number of anilines is 1. The number of carbonyl (C=O) groups is 3. The minimum absolute atomic E-state index is 0.0163. The van der Waals surface area contributed by atoms with Gasteiger partial charge in [-0.05, 0) is 25.5 Å². The fraction of sp³-hybridized carbons (Fsp3) is 0.320. The van der Waals surface area contributed by atoms with Crippen LogP contribution < -0.4 is 11.1 Å². The number of benzene rings is 1. The lowest BCUT2D eigenvalue weighted by Crippen LogP contribution is -2.35. The average Bonchev–Trinajstić information content (AvgIpc) is 2.91. The molecule has 1 aromatic heterocycles. The molecule has 10 nitrogen and oxygen atoms in total. The van der Waals surface area contributed by atoms with Crippen molar-refractivity contribution in [2.24, 2.45) is 0 Å². The molecular formula is C25H26ClFN4O6S. The molecule has 1 aliphatic heterocycles. The van der Waals surface area contributed by atoms with Gasteiger partial charge in [0.05, 0.1) is 43.1 Å². The van der Waals surface area contributed by atoms with E-state index in [9.17, 15) is 18.8 Å². The summed E-state index contributed by atoms with van der Waals surface area (Å²) in [5, 5.41) is 3.32. The van der Waals surface area contributed by atoms with Crippen LogP contribution in [-0.4, -0.2) is 60.6 Å². The Morgan fingerprint density at radius 3 is 2.34 bits per heavy atom. The summed E-state index contributed by atoms with van der Waals surface area (Å²) in [6.07, 6.45) is 1.24. The number of ether oxygens (including phenoxy) is 3. The number of thioether (sulfide) groups is 1. The summed E-state index contributed by atoms with van der Waals surface area (Å²) in [5.41, 5.74) is 6.46. The molecule has 13 heteroatoms. The number of hydrogen-bond acceptors (Lipinski definition) is 11. The average molecular weight is 565 g/mol. The zero-order valence-electron chi connectivity index (χ0n) is 20.9. The summed E-state index contributed by atoms with van der Waals surface area (Å²) < 4.78 is 29.4. The number of esters is 3. The predicted octanol–water partition coefficient (Wildman–Crippen LogP) is 3.58. The normalized spacial score (nSPS) is 15.1. The van der Waals surface area contributed by atoms with Gasteiger partial charge in [0.2, 0.25) is 0 Å². The van der Waals surface area contributed by atoms with Gasteiger partial charge in [0.25, 0.3) is 0 Å². The van der Waals surface area contributed by atoms with Crippen LogP contribution in [0.4, 0.5) is 10.2 Å². The highest BCUT2D eigenvalue weighted by Gasteiger charge is 2.40. The third kappa shape index (κ3) is 6.25. The maximum Gasteiger partial charge on any atom is 0.343 e. The molecule has 0 radical (unpaired) electrons. The molecule has 2 aromatic rings. The molecular weight excluding hydrogens is 539 g/mol. The molecule has 0 spiro atoms. The smallest absolute Gasteiger partial charge is 0.343 e. The number of hydrogen-bond donors (Lipinski definition) is 2. The van der Waals surface area contributed by atoms with Crippen LogP contribution in [0.5, 0.6) is 0 Å². The van der Waals surface area contributed by atoms with E-state index >= 15 is 0 Å². The third-order valence-electron chi connectivity index (χ3n) is 5.42. The van der Waals surface area contributed by atoms with E-state index in [1.807, 2.05) is 0 Å². The fourth-order valence-corrected chi connectivity index (χ4v) is 4.84. The quantitative estimate of drug-likeness (QED) is 0.189. The van der Waals surface area contributed by atoms with Gasteiger partial charge >= 0.3 is 17.9 Å². The Balaban J connectivity index is 2.09. The number of aromatic nitrogens is 2. The van der Waals surface area contributed by atoms with Crippen molar-refractivity contribution in [1.82, 2.24) is 15.3 Å². The van der Waals surface area contributed by atoms with Crippen LogP contribution in [0.15, 0.2) is 58.2 Å². The first-order valence-electron chi connectivity index (χ1n) is 11.5. The van der Waals surface area contributed by atoms with Crippen molar-refractivity contribution in [1.29, 1.82) is 0 Å². The van der Waals surface area contributed by atoms with Crippen molar-refractivity contribution < 1.29 is 33.0 Å². The molecule has 2 heterocycles. The van der Waals surface area contributed by atoms with Crippen molar-refractivity contribution >= 4 is 47.1 Å². The predicted molar refractivity (Wildman–Crippen MR) is 139 cm³/mol. The Hall–Kier alpha value is -3.64. The Kier molecular flexibility index (Phi) is 10.1. The van der Waals surface area contributed by atoms with Crippen LogP contribution in [0, 0.1) is 0 Å². The number of carbonyl (C=O) groups excluding carboxylic acids is 3. The summed E-state index contributed by atoms with van der Waals surface area (Å²) in [7, 11) is 1.16. The number of nitrogens with two attached hydrogens (primary N) is 1. The van der Waals surface area contributed by atoms with Gasteiger partial charge in [-0.25, -0.2) is 28.7 Å². The van der Waals surface area contributed by atoms with E-state index in [2.05, 4.69) is 15.3 Å². The lowest BCUT2D eigenvalue weighted by Gasteiger charge is -2.32. The summed E-state index contributed by atoms with van der Waals surface area (Å²) >= 11 is 7.54. The van der Waals surface area contributed by atoms with Gasteiger partial charge in [0.15, 0.2) is 5.16 Å². The molecule has 1 unspecified atom stereocenters. The summed E-state index contributed by atoms with van der Waals surface area (Å²) in [6.45, 7) is 2.47. The van der Waals surface area contributed by atoms with E-state index in [1.54, 1.807) is 38.1 Å². The van der Waals surface area contributed by atoms with Crippen LogP contribution in [0.1, 0.15) is 35.7 Å². The Morgan fingerprint density at radius 2 is 1.74 bits per heavy atom. The molecule has 0 aliphatic carbocycles. The number of dihydropyridines is 1. The van der Waals surface area contributed by atoms with Gasteiger partial charge in [0, 0.05) is 22.7 Å². The Bertz CT molecular complexity index is 1300. The van der Waals surface area contributed by atoms with Crippen molar-refractivity contribution in [3.8, 4) is 0 Å². The number of alkyl halides is 1. The van der Waals surface area contributed by atoms with Gasteiger partial charge in [-0.15, -0.1) is 0 Å². The first-order valence-corrected chi connectivity index (χ1v) is 12.8. The minimum atomic E-state index is -1.07. The molecule has 0 saturated carbocycles. The van der Waals surface area contributed by atoms with Gasteiger partial charge in [0.1, 0.15) is 18.1 Å². The zero-order chi connectivity index (χ0) is 27.8. The third-order valence-corrected chi connectivity index (χ3v) is 6.65. The van der Waals surface area contributed by atoms with Crippen LogP contribution in [0.25, 0.3) is 0 Å². The molecule has 0 saturated heterocycles. The second-order valence-electron chi connectivity index (χ2n) is 7.67. The molecule has 3 rings (SSSR count). The van der Waals surface area contributed by atoms with E-state index < -0.39 is 30.5 Å². The SMILES string of the molecule is CCOC(=O)C1=C(CSc2ncc(C(=O)OCC)c(N)n2)NC(CF)=C(C(=O)OC)C1c1ccccc1Cl. The summed E-state index contributed by atoms with van der Waals surface area (Å²) in [6, 6.07) is 6.61. The van der Waals surface area contributed by atoms with Gasteiger partial charge in [-0.1, -0.05) is 41.6 Å². The van der Waals surface area contributed by atoms with E-state index in [0.29, 0.717) is 5.56 Å². The molecule has 0 fully saturated rings. The van der Waals surface area contributed by atoms with E-state index in [0.717, 1.165) is 18.9 Å². The monoisotopic (exact) mass is 564 g/mol. The molecule has 1 aromatic carbocycles.